The molecule has 5 fully saturated rings. The Bertz CT molecular complexity index is 820. The van der Waals surface area contributed by atoms with Crippen molar-refractivity contribution in [2.75, 3.05) is 19.9 Å². The summed E-state index contributed by atoms with van der Waals surface area (Å²) in [6.45, 7) is 11.8. The van der Waals surface area contributed by atoms with E-state index in [1.54, 1.807) is 0 Å². The zero-order valence-electron chi connectivity index (χ0n) is 19.4. The molecule has 7 rings (SSSR count). The zero-order valence-corrected chi connectivity index (χ0v) is 19.4. The van der Waals surface area contributed by atoms with Gasteiger partial charge in [0.25, 0.3) is 0 Å². The summed E-state index contributed by atoms with van der Waals surface area (Å²) in [5, 5.41) is 3.78. The third-order valence-electron chi connectivity index (χ3n) is 9.41. The number of hydrogen-bond acceptors (Lipinski definition) is 3. The molecule has 30 heavy (non-hydrogen) atoms. The summed E-state index contributed by atoms with van der Waals surface area (Å²) in [6, 6.07) is 6.73. The van der Waals surface area contributed by atoms with E-state index in [4.69, 9.17) is 9.47 Å². The van der Waals surface area contributed by atoms with Crippen molar-refractivity contribution >= 4 is 0 Å². The highest BCUT2D eigenvalue weighted by Gasteiger charge is 2.67. The van der Waals surface area contributed by atoms with Crippen LogP contribution in [0.15, 0.2) is 18.2 Å². The van der Waals surface area contributed by atoms with E-state index in [0.717, 1.165) is 36.7 Å². The van der Waals surface area contributed by atoms with Gasteiger partial charge in [0.05, 0.1) is 12.1 Å². The van der Waals surface area contributed by atoms with Crippen molar-refractivity contribution < 1.29 is 9.47 Å². The van der Waals surface area contributed by atoms with Crippen LogP contribution in [0.5, 0.6) is 5.75 Å². The first-order chi connectivity index (χ1) is 14.2. The molecule has 164 valence electrons. The Morgan fingerprint density at radius 3 is 2.23 bits per heavy atom. The van der Waals surface area contributed by atoms with Crippen molar-refractivity contribution in [1.29, 1.82) is 0 Å². The fourth-order valence-electron chi connectivity index (χ4n) is 8.65. The van der Waals surface area contributed by atoms with Crippen molar-refractivity contribution in [3.63, 3.8) is 0 Å². The monoisotopic (exact) mass is 409 g/mol. The van der Waals surface area contributed by atoms with Crippen molar-refractivity contribution in [1.82, 2.24) is 5.32 Å². The van der Waals surface area contributed by atoms with Crippen molar-refractivity contribution in [3.05, 3.63) is 29.3 Å². The van der Waals surface area contributed by atoms with Crippen LogP contribution in [0.25, 0.3) is 0 Å². The molecular formula is C27H39NO2. The molecule has 3 heteroatoms. The van der Waals surface area contributed by atoms with Gasteiger partial charge in [0.15, 0.2) is 6.79 Å². The van der Waals surface area contributed by atoms with Crippen molar-refractivity contribution in [2.45, 2.75) is 83.6 Å². The highest BCUT2D eigenvalue weighted by molar-refractivity contribution is 5.60. The van der Waals surface area contributed by atoms with Crippen LogP contribution in [0.1, 0.15) is 83.8 Å². The SMILES string of the molecule is CC(C)(C)CC12NCC1(C)c1cc(OCOCC34CC5CC(CC(C5)C3)C4)ccc12. The van der Waals surface area contributed by atoms with Gasteiger partial charge < -0.3 is 14.8 Å². The van der Waals surface area contributed by atoms with E-state index < -0.39 is 0 Å². The van der Waals surface area contributed by atoms with E-state index in [0.29, 0.717) is 17.6 Å². The summed E-state index contributed by atoms with van der Waals surface area (Å²) in [7, 11) is 0. The van der Waals surface area contributed by atoms with Gasteiger partial charge in [-0.3, -0.25) is 0 Å². The lowest BCUT2D eigenvalue weighted by molar-refractivity contribution is -0.116. The first-order valence-electron chi connectivity index (χ1n) is 12.3. The lowest BCUT2D eigenvalue weighted by Gasteiger charge is -2.69. The van der Waals surface area contributed by atoms with Crippen LogP contribution < -0.4 is 10.1 Å². The Hall–Kier alpha value is -1.06. The van der Waals surface area contributed by atoms with Gasteiger partial charge in [-0.05, 0) is 96.8 Å². The van der Waals surface area contributed by atoms with Gasteiger partial charge in [-0.25, -0.2) is 0 Å². The minimum atomic E-state index is 0.161. The van der Waals surface area contributed by atoms with Crippen LogP contribution in [-0.2, 0) is 15.7 Å². The van der Waals surface area contributed by atoms with Gasteiger partial charge in [-0.15, -0.1) is 0 Å². The minimum Gasteiger partial charge on any atom is -0.468 e. The molecule has 5 aliphatic carbocycles. The average Bonchev–Trinajstić information content (AvgIpc) is 2.66. The van der Waals surface area contributed by atoms with Gasteiger partial charge in [-0.1, -0.05) is 33.8 Å². The summed E-state index contributed by atoms with van der Waals surface area (Å²) < 4.78 is 12.2. The van der Waals surface area contributed by atoms with Gasteiger partial charge in [0, 0.05) is 12.0 Å². The lowest BCUT2D eigenvalue weighted by Crippen LogP contribution is -2.78. The highest BCUT2D eigenvalue weighted by Crippen LogP contribution is 2.64. The molecule has 1 aromatic rings. The molecule has 2 unspecified atom stereocenters. The van der Waals surface area contributed by atoms with E-state index in [1.165, 1.54) is 56.1 Å². The second-order valence-electron chi connectivity index (χ2n) is 13.1. The molecule has 0 aromatic heterocycles. The maximum Gasteiger partial charge on any atom is 0.189 e. The third kappa shape index (κ3) is 2.77. The minimum absolute atomic E-state index is 0.161. The molecule has 1 heterocycles. The molecule has 0 amide bonds. The molecule has 0 spiro atoms. The number of hydrogen-bond donors (Lipinski definition) is 1. The van der Waals surface area contributed by atoms with E-state index in [-0.39, 0.29) is 11.0 Å². The quantitative estimate of drug-likeness (QED) is 0.478. The predicted molar refractivity (Wildman–Crippen MR) is 120 cm³/mol. The Morgan fingerprint density at radius 2 is 1.67 bits per heavy atom. The largest absolute Gasteiger partial charge is 0.468 e. The summed E-state index contributed by atoms with van der Waals surface area (Å²) >= 11 is 0. The second kappa shape index (κ2) is 6.25. The number of benzene rings is 1. The Morgan fingerprint density at radius 1 is 1.00 bits per heavy atom. The molecule has 1 aliphatic heterocycles. The molecule has 0 radical (unpaired) electrons. The molecule has 1 N–H and O–H groups in total. The fourth-order valence-corrected chi connectivity index (χ4v) is 8.65. The number of rotatable bonds is 6. The standard InChI is InChI=1S/C27H39NO2/c1-24(2,3)14-27-22-6-5-21(10-23(22)25(27,4)15-28-27)30-17-29-16-26-11-18-7-19(12-26)9-20(8-18)13-26/h5-6,10,18-20,28H,7-9,11-17H2,1-4H3. The number of fused-ring (bicyclic) bond motifs is 4. The molecule has 6 aliphatic rings. The van der Waals surface area contributed by atoms with Crippen LogP contribution in [-0.4, -0.2) is 19.9 Å². The molecule has 4 bridgehead atoms. The Balaban J connectivity index is 1.08. The van der Waals surface area contributed by atoms with Crippen LogP contribution in [0, 0.1) is 28.6 Å². The van der Waals surface area contributed by atoms with Gasteiger partial charge in [0.1, 0.15) is 5.75 Å². The van der Waals surface area contributed by atoms with E-state index >= 15 is 0 Å². The third-order valence-corrected chi connectivity index (χ3v) is 9.41. The predicted octanol–water partition coefficient (Wildman–Crippen LogP) is 5.76. The fraction of sp³-hybridized carbons (Fsp3) is 0.778. The van der Waals surface area contributed by atoms with Crippen LogP contribution in [0.4, 0.5) is 0 Å². The molecule has 3 nitrogen and oxygen atoms in total. The Kier molecular flexibility index (Phi) is 4.09. The van der Waals surface area contributed by atoms with E-state index in [1.807, 2.05) is 0 Å². The molecule has 4 saturated carbocycles. The zero-order chi connectivity index (χ0) is 20.8. The molecular weight excluding hydrogens is 370 g/mol. The lowest BCUT2D eigenvalue weighted by atomic mass is 9.44. The first kappa shape index (κ1) is 19.6. The summed E-state index contributed by atoms with van der Waals surface area (Å²) in [6.07, 6.45) is 9.87. The maximum atomic E-state index is 6.15. The highest BCUT2D eigenvalue weighted by atomic mass is 16.7. The summed E-state index contributed by atoms with van der Waals surface area (Å²) in [5.41, 5.74) is 4.14. The average molecular weight is 410 g/mol. The van der Waals surface area contributed by atoms with Crippen LogP contribution in [0.2, 0.25) is 0 Å². The van der Waals surface area contributed by atoms with E-state index in [2.05, 4.69) is 51.2 Å². The molecule has 1 aromatic carbocycles. The number of ether oxygens (including phenoxy) is 2. The van der Waals surface area contributed by atoms with Crippen LogP contribution >= 0.6 is 0 Å². The van der Waals surface area contributed by atoms with Crippen LogP contribution in [0.3, 0.4) is 0 Å². The summed E-state index contributed by atoms with van der Waals surface area (Å²) in [5.74, 6) is 3.92. The molecule has 1 saturated heterocycles. The van der Waals surface area contributed by atoms with Gasteiger partial charge in [0.2, 0.25) is 0 Å². The first-order valence-corrected chi connectivity index (χ1v) is 12.3. The number of nitrogens with one attached hydrogen (secondary N) is 1. The van der Waals surface area contributed by atoms with Gasteiger partial charge >= 0.3 is 0 Å². The second-order valence-corrected chi connectivity index (χ2v) is 13.1. The van der Waals surface area contributed by atoms with E-state index in [9.17, 15) is 0 Å². The van der Waals surface area contributed by atoms with Crippen molar-refractivity contribution in [3.8, 4) is 5.75 Å². The normalized spacial score (nSPS) is 42.9. The topological polar surface area (TPSA) is 30.5 Å². The van der Waals surface area contributed by atoms with Crippen molar-refractivity contribution in [2.24, 2.45) is 28.6 Å². The molecule has 2 atom stereocenters. The van der Waals surface area contributed by atoms with Gasteiger partial charge in [-0.2, -0.15) is 0 Å². The summed E-state index contributed by atoms with van der Waals surface area (Å²) in [4.78, 5) is 0. The Labute approximate surface area is 182 Å². The maximum absolute atomic E-state index is 6.15. The smallest absolute Gasteiger partial charge is 0.189 e.